The van der Waals surface area contributed by atoms with Gasteiger partial charge in [0.15, 0.2) is 0 Å². The summed E-state index contributed by atoms with van der Waals surface area (Å²) >= 11 is 0. The Morgan fingerprint density at radius 3 is 2.78 bits per heavy atom. The van der Waals surface area contributed by atoms with E-state index in [2.05, 4.69) is 5.32 Å². The number of fused-ring (bicyclic) bond motifs is 1. The van der Waals surface area contributed by atoms with Crippen LogP contribution in [0.5, 0.6) is 0 Å². The monoisotopic (exact) mass is 316 g/mol. The summed E-state index contributed by atoms with van der Waals surface area (Å²) in [7, 11) is 0. The van der Waals surface area contributed by atoms with E-state index in [0.29, 0.717) is 19.4 Å². The maximum absolute atomic E-state index is 12.2. The summed E-state index contributed by atoms with van der Waals surface area (Å²) in [5, 5.41) is 12.3. The highest BCUT2D eigenvalue weighted by atomic mass is 16.3. The zero-order chi connectivity index (χ0) is 16.8. The molecule has 0 spiro atoms. The molecular weight excluding hydrogens is 292 g/mol. The first-order valence-corrected chi connectivity index (χ1v) is 8.03. The number of aliphatic hydroxyl groups excluding tert-OH is 1. The van der Waals surface area contributed by atoms with Crippen molar-refractivity contribution in [3.63, 3.8) is 0 Å². The van der Waals surface area contributed by atoms with Crippen LogP contribution in [0.1, 0.15) is 50.3 Å². The van der Waals surface area contributed by atoms with Gasteiger partial charge in [-0.3, -0.25) is 9.59 Å². The van der Waals surface area contributed by atoms with Crippen LogP contribution in [0.25, 0.3) is 6.08 Å². The molecule has 1 aromatic rings. The minimum Gasteiger partial charge on any atom is -0.393 e. The van der Waals surface area contributed by atoms with Crippen LogP contribution < -0.4 is 5.32 Å². The Morgan fingerprint density at radius 2 is 2.09 bits per heavy atom. The van der Waals surface area contributed by atoms with Crippen molar-refractivity contribution in [2.45, 2.75) is 45.3 Å². The number of carbonyl (C=O) groups excluding carboxylic acids is 2. The zero-order valence-corrected chi connectivity index (χ0v) is 13.7. The van der Waals surface area contributed by atoms with E-state index in [4.69, 9.17) is 0 Å². The number of carbonyl (C=O) groups is 2. The number of benzene rings is 1. The van der Waals surface area contributed by atoms with Gasteiger partial charge in [0.2, 0.25) is 11.8 Å². The molecule has 0 radical (unpaired) electrons. The second kappa shape index (κ2) is 7.92. The molecule has 2 amide bonds. The lowest BCUT2D eigenvalue weighted by Gasteiger charge is -2.32. The SMILES string of the molecule is CCC(O)CCNC(=O)CC1c2ccccc2C=CN1C(C)=O. The summed E-state index contributed by atoms with van der Waals surface area (Å²) in [5.74, 6) is -0.204. The molecule has 1 aliphatic heterocycles. The Balaban J connectivity index is 2.04. The standard InChI is InChI=1S/C18H24N2O3/c1-3-15(22)8-10-19-18(23)12-17-16-7-5-4-6-14(16)9-11-20(17)13(2)21/h4-7,9,11,15,17,22H,3,8,10,12H2,1-2H3,(H,19,23). The number of nitrogens with one attached hydrogen (secondary N) is 1. The maximum atomic E-state index is 12.2. The largest absolute Gasteiger partial charge is 0.393 e. The number of hydrogen-bond donors (Lipinski definition) is 2. The lowest BCUT2D eigenvalue weighted by atomic mass is 9.93. The predicted octanol–water partition coefficient (Wildman–Crippen LogP) is 2.23. The van der Waals surface area contributed by atoms with E-state index in [1.54, 1.807) is 11.1 Å². The predicted molar refractivity (Wildman–Crippen MR) is 89.3 cm³/mol. The first-order valence-electron chi connectivity index (χ1n) is 8.03. The topological polar surface area (TPSA) is 69.6 Å². The molecule has 2 unspecified atom stereocenters. The van der Waals surface area contributed by atoms with Gasteiger partial charge in [0.05, 0.1) is 18.6 Å². The van der Waals surface area contributed by atoms with Gasteiger partial charge in [-0.2, -0.15) is 0 Å². The van der Waals surface area contributed by atoms with E-state index >= 15 is 0 Å². The van der Waals surface area contributed by atoms with Crippen molar-refractivity contribution in [1.29, 1.82) is 0 Å². The minimum atomic E-state index is -0.387. The molecule has 2 atom stereocenters. The Kier molecular flexibility index (Phi) is 5.93. The van der Waals surface area contributed by atoms with Crippen LogP contribution in [0.4, 0.5) is 0 Å². The quantitative estimate of drug-likeness (QED) is 0.845. The van der Waals surface area contributed by atoms with Crippen LogP contribution in [0.3, 0.4) is 0 Å². The average molecular weight is 316 g/mol. The highest BCUT2D eigenvalue weighted by Gasteiger charge is 2.27. The van der Waals surface area contributed by atoms with E-state index in [1.165, 1.54) is 6.92 Å². The number of hydrogen-bond acceptors (Lipinski definition) is 3. The summed E-state index contributed by atoms with van der Waals surface area (Å²) in [6.07, 6.45) is 4.67. The van der Waals surface area contributed by atoms with Crippen LogP contribution >= 0.6 is 0 Å². The molecule has 1 aromatic carbocycles. The Hall–Kier alpha value is -2.14. The summed E-state index contributed by atoms with van der Waals surface area (Å²) in [6.45, 7) is 3.85. The third kappa shape index (κ3) is 4.42. The summed E-state index contributed by atoms with van der Waals surface area (Å²) in [5.41, 5.74) is 2.01. The van der Waals surface area contributed by atoms with Crippen molar-refractivity contribution in [1.82, 2.24) is 10.2 Å². The van der Waals surface area contributed by atoms with Gasteiger partial charge in [0, 0.05) is 19.7 Å². The molecule has 1 aliphatic rings. The van der Waals surface area contributed by atoms with Crippen molar-refractivity contribution in [2.75, 3.05) is 6.54 Å². The van der Waals surface area contributed by atoms with Gasteiger partial charge in [-0.1, -0.05) is 31.2 Å². The van der Waals surface area contributed by atoms with Gasteiger partial charge in [-0.25, -0.2) is 0 Å². The molecule has 2 N–H and O–H groups in total. The van der Waals surface area contributed by atoms with Gasteiger partial charge in [-0.05, 0) is 30.0 Å². The number of rotatable bonds is 6. The number of amides is 2. The van der Waals surface area contributed by atoms with E-state index in [-0.39, 0.29) is 30.4 Å². The third-order valence-electron chi connectivity index (χ3n) is 4.12. The Bertz CT molecular complexity index is 598. The zero-order valence-electron chi connectivity index (χ0n) is 13.7. The molecule has 0 fully saturated rings. The molecule has 0 bridgehead atoms. The van der Waals surface area contributed by atoms with Crippen molar-refractivity contribution < 1.29 is 14.7 Å². The molecule has 0 saturated heterocycles. The smallest absolute Gasteiger partial charge is 0.223 e. The average Bonchev–Trinajstić information content (AvgIpc) is 2.54. The van der Waals surface area contributed by atoms with E-state index in [1.807, 2.05) is 37.3 Å². The van der Waals surface area contributed by atoms with Crippen molar-refractivity contribution >= 4 is 17.9 Å². The van der Waals surface area contributed by atoms with Crippen LogP contribution in [0, 0.1) is 0 Å². The Labute approximate surface area is 137 Å². The summed E-state index contributed by atoms with van der Waals surface area (Å²) in [4.78, 5) is 25.7. The second-order valence-corrected chi connectivity index (χ2v) is 5.79. The van der Waals surface area contributed by atoms with Gasteiger partial charge >= 0.3 is 0 Å². The molecule has 2 rings (SSSR count). The molecule has 5 nitrogen and oxygen atoms in total. The normalized spacial score (nSPS) is 17.5. The van der Waals surface area contributed by atoms with Crippen LogP contribution in [0.2, 0.25) is 0 Å². The van der Waals surface area contributed by atoms with Crippen molar-refractivity contribution in [2.24, 2.45) is 0 Å². The van der Waals surface area contributed by atoms with Gasteiger partial charge in [-0.15, -0.1) is 0 Å². The lowest BCUT2D eigenvalue weighted by Crippen LogP contribution is -2.35. The maximum Gasteiger partial charge on any atom is 0.223 e. The number of aliphatic hydroxyl groups is 1. The van der Waals surface area contributed by atoms with Crippen LogP contribution in [-0.2, 0) is 9.59 Å². The fraction of sp³-hybridized carbons (Fsp3) is 0.444. The molecule has 0 aromatic heterocycles. The fourth-order valence-electron chi connectivity index (χ4n) is 2.74. The molecule has 1 heterocycles. The highest BCUT2D eigenvalue weighted by Crippen LogP contribution is 2.32. The first-order chi connectivity index (χ1) is 11.0. The second-order valence-electron chi connectivity index (χ2n) is 5.79. The van der Waals surface area contributed by atoms with Gasteiger partial charge < -0.3 is 15.3 Å². The van der Waals surface area contributed by atoms with Crippen LogP contribution in [-0.4, -0.2) is 34.5 Å². The molecule has 0 aliphatic carbocycles. The molecular formula is C18H24N2O3. The molecule has 0 saturated carbocycles. The summed E-state index contributed by atoms with van der Waals surface area (Å²) in [6, 6.07) is 7.50. The van der Waals surface area contributed by atoms with Crippen molar-refractivity contribution in [3.05, 3.63) is 41.6 Å². The van der Waals surface area contributed by atoms with Crippen LogP contribution in [0.15, 0.2) is 30.5 Å². The number of nitrogens with zero attached hydrogens (tertiary/aromatic N) is 1. The fourth-order valence-corrected chi connectivity index (χ4v) is 2.74. The van der Waals surface area contributed by atoms with Gasteiger partial charge in [0.1, 0.15) is 0 Å². The lowest BCUT2D eigenvalue weighted by molar-refractivity contribution is -0.129. The Morgan fingerprint density at radius 1 is 1.35 bits per heavy atom. The first kappa shape index (κ1) is 17.2. The van der Waals surface area contributed by atoms with E-state index < -0.39 is 0 Å². The van der Waals surface area contributed by atoms with E-state index in [0.717, 1.165) is 11.1 Å². The molecule has 5 heteroatoms. The molecule has 124 valence electrons. The minimum absolute atomic E-state index is 0.0880. The van der Waals surface area contributed by atoms with Crippen molar-refractivity contribution in [3.8, 4) is 0 Å². The van der Waals surface area contributed by atoms with Gasteiger partial charge in [0.25, 0.3) is 0 Å². The highest BCUT2D eigenvalue weighted by molar-refractivity contribution is 5.81. The summed E-state index contributed by atoms with van der Waals surface area (Å²) < 4.78 is 0. The third-order valence-corrected chi connectivity index (χ3v) is 4.12. The van der Waals surface area contributed by atoms with E-state index in [9.17, 15) is 14.7 Å². The molecule has 23 heavy (non-hydrogen) atoms.